The number of benzene rings is 2. The van der Waals surface area contributed by atoms with Crippen LogP contribution in [0.4, 0.5) is 23.7 Å². The minimum atomic E-state index is -1.56. The van der Waals surface area contributed by atoms with Gasteiger partial charge in [-0.15, -0.1) is 0 Å². The van der Waals surface area contributed by atoms with Gasteiger partial charge in [-0.3, -0.25) is 14.4 Å². The summed E-state index contributed by atoms with van der Waals surface area (Å²) in [5.74, 6) is -4.58. The lowest BCUT2D eigenvalue weighted by Crippen LogP contribution is -2.46. The van der Waals surface area contributed by atoms with Crippen LogP contribution in [0.15, 0.2) is 48.7 Å². The fourth-order valence-corrected chi connectivity index (χ4v) is 4.55. The van der Waals surface area contributed by atoms with Gasteiger partial charge in [-0.2, -0.15) is 5.10 Å². The topological polar surface area (TPSA) is 70.5 Å². The molecule has 1 unspecified atom stereocenters. The zero-order chi connectivity index (χ0) is 24.0. The van der Waals surface area contributed by atoms with Crippen LogP contribution >= 0.6 is 0 Å². The fraction of sp³-hybridized carbons (Fsp3) is 0.292. The number of anilines is 1. The number of aromatic nitrogens is 2. The second-order valence-electron chi connectivity index (χ2n) is 8.60. The van der Waals surface area contributed by atoms with Crippen molar-refractivity contribution in [2.45, 2.75) is 38.5 Å². The molecule has 1 N–H and O–H groups in total. The number of carbonyl (C=O) groups excluding carboxylic acids is 2. The van der Waals surface area contributed by atoms with Crippen molar-refractivity contribution >= 4 is 17.6 Å². The van der Waals surface area contributed by atoms with Gasteiger partial charge < -0.3 is 10.2 Å². The maximum absolute atomic E-state index is 13.6. The van der Waals surface area contributed by atoms with Crippen LogP contribution in [0.5, 0.6) is 0 Å². The Morgan fingerprint density at radius 1 is 1.12 bits per heavy atom. The third kappa shape index (κ3) is 3.89. The standard InChI is InChI=1S/C24H22F3N5O2/c1-14-11-32-21(13-30(14)22(33)9-15-7-17(25)23(27)18(26)8-15)20(10-28-32)31-12-19(29-24(31)34)16-5-3-2-4-6-16/h2-8,10,14,19H,9,11-13H2,1H3,(H,29,34)/t14-,19?/m0/s1. The SMILES string of the molecule is C[C@H]1Cn2ncc(N3CC(c4ccccc4)NC3=O)c2CN1C(=O)Cc1cc(F)c(F)c(F)c1. The Bertz CT molecular complexity index is 1240. The molecule has 34 heavy (non-hydrogen) atoms. The number of nitrogens with zero attached hydrogens (tertiary/aromatic N) is 4. The molecular weight excluding hydrogens is 447 g/mol. The number of nitrogens with one attached hydrogen (secondary N) is 1. The van der Waals surface area contributed by atoms with E-state index in [1.807, 2.05) is 37.3 Å². The van der Waals surface area contributed by atoms with Crippen LogP contribution in [0.25, 0.3) is 0 Å². The molecule has 176 valence electrons. The average molecular weight is 469 g/mol. The van der Waals surface area contributed by atoms with Crippen molar-refractivity contribution < 1.29 is 22.8 Å². The van der Waals surface area contributed by atoms with E-state index in [1.165, 1.54) is 0 Å². The molecule has 0 bridgehead atoms. The molecule has 2 atom stereocenters. The summed E-state index contributed by atoms with van der Waals surface area (Å²) in [6, 6.07) is 10.6. The van der Waals surface area contributed by atoms with Gasteiger partial charge in [-0.25, -0.2) is 18.0 Å². The normalized spacial score (nSPS) is 19.8. The van der Waals surface area contributed by atoms with Crippen molar-refractivity contribution in [3.63, 3.8) is 0 Å². The van der Waals surface area contributed by atoms with E-state index in [-0.39, 0.29) is 42.6 Å². The summed E-state index contributed by atoms with van der Waals surface area (Å²) in [6.45, 7) is 2.85. The average Bonchev–Trinajstić information content (AvgIpc) is 3.40. The van der Waals surface area contributed by atoms with Crippen LogP contribution in [-0.4, -0.2) is 39.2 Å². The van der Waals surface area contributed by atoms with Gasteiger partial charge in [0.05, 0.1) is 49.7 Å². The first kappa shape index (κ1) is 22.0. The van der Waals surface area contributed by atoms with E-state index < -0.39 is 17.5 Å². The second-order valence-corrected chi connectivity index (χ2v) is 8.60. The highest BCUT2D eigenvalue weighted by Gasteiger charge is 2.36. The molecule has 3 amide bonds. The van der Waals surface area contributed by atoms with Crippen LogP contribution in [0.2, 0.25) is 0 Å². The maximum atomic E-state index is 13.6. The molecule has 2 aliphatic heterocycles. The lowest BCUT2D eigenvalue weighted by atomic mass is 10.1. The first-order valence-corrected chi connectivity index (χ1v) is 10.9. The zero-order valence-electron chi connectivity index (χ0n) is 18.3. The van der Waals surface area contributed by atoms with E-state index in [1.54, 1.807) is 20.7 Å². The number of amides is 3. The van der Waals surface area contributed by atoms with Crippen molar-refractivity contribution in [3.05, 3.63) is 82.9 Å². The summed E-state index contributed by atoms with van der Waals surface area (Å²) < 4.78 is 42.2. The van der Waals surface area contributed by atoms with Gasteiger partial charge in [-0.1, -0.05) is 30.3 Å². The van der Waals surface area contributed by atoms with Crippen molar-refractivity contribution in [1.29, 1.82) is 0 Å². The van der Waals surface area contributed by atoms with Crippen LogP contribution in [0.3, 0.4) is 0 Å². The molecule has 5 rings (SSSR count). The van der Waals surface area contributed by atoms with Gasteiger partial charge in [0.1, 0.15) is 0 Å². The molecule has 3 aromatic rings. The molecule has 1 aromatic heterocycles. The van der Waals surface area contributed by atoms with Gasteiger partial charge in [0.25, 0.3) is 0 Å². The summed E-state index contributed by atoms with van der Waals surface area (Å²) >= 11 is 0. The molecule has 2 aliphatic rings. The van der Waals surface area contributed by atoms with Gasteiger partial charge >= 0.3 is 6.03 Å². The first-order valence-electron chi connectivity index (χ1n) is 10.9. The fourth-order valence-electron chi connectivity index (χ4n) is 4.55. The van der Waals surface area contributed by atoms with Crippen LogP contribution < -0.4 is 10.2 Å². The van der Waals surface area contributed by atoms with E-state index in [2.05, 4.69) is 10.4 Å². The van der Waals surface area contributed by atoms with Crippen molar-refractivity contribution in [1.82, 2.24) is 20.0 Å². The Kier molecular flexibility index (Phi) is 5.51. The lowest BCUT2D eigenvalue weighted by molar-refractivity contribution is -0.134. The molecular formula is C24H22F3N5O2. The summed E-state index contributed by atoms with van der Waals surface area (Å²) in [6.07, 6.45) is 1.34. The van der Waals surface area contributed by atoms with Gasteiger partial charge in [0.15, 0.2) is 17.5 Å². The highest BCUT2D eigenvalue weighted by molar-refractivity contribution is 5.95. The minimum absolute atomic E-state index is 0.0533. The molecule has 1 saturated heterocycles. The third-order valence-electron chi connectivity index (χ3n) is 6.34. The summed E-state index contributed by atoms with van der Waals surface area (Å²) in [7, 11) is 0. The third-order valence-corrected chi connectivity index (χ3v) is 6.34. The number of rotatable bonds is 4. The Morgan fingerprint density at radius 2 is 1.82 bits per heavy atom. The molecule has 0 aliphatic carbocycles. The van der Waals surface area contributed by atoms with Gasteiger partial charge in [0.2, 0.25) is 5.91 Å². The van der Waals surface area contributed by atoms with Crippen LogP contribution in [-0.2, 0) is 24.3 Å². The number of hydrogen-bond donors (Lipinski definition) is 1. The predicted molar refractivity (Wildman–Crippen MR) is 117 cm³/mol. The first-order chi connectivity index (χ1) is 16.3. The van der Waals surface area contributed by atoms with Crippen LogP contribution in [0, 0.1) is 17.5 Å². The minimum Gasteiger partial charge on any atom is -0.332 e. The Balaban J connectivity index is 1.36. The Labute approximate surface area is 193 Å². The van der Waals surface area contributed by atoms with Gasteiger partial charge in [-0.05, 0) is 30.2 Å². The molecule has 0 saturated carbocycles. The largest absolute Gasteiger partial charge is 0.332 e. The molecule has 7 nitrogen and oxygen atoms in total. The Morgan fingerprint density at radius 3 is 2.53 bits per heavy atom. The smallest absolute Gasteiger partial charge is 0.322 e. The van der Waals surface area contributed by atoms with Gasteiger partial charge in [0, 0.05) is 6.04 Å². The number of halogens is 3. The van der Waals surface area contributed by atoms with E-state index in [9.17, 15) is 22.8 Å². The molecule has 3 heterocycles. The monoisotopic (exact) mass is 469 g/mol. The predicted octanol–water partition coefficient (Wildman–Crippen LogP) is 3.54. The van der Waals surface area contributed by atoms with Crippen molar-refractivity contribution in [3.8, 4) is 0 Å². The Hall–Kier alpha value is -3.82. The molecule has 1 fully saturated rings. The number of fused-ring (bicyclic) bond motifs is 1. The summed E-state index contributed by atoms with van der Waals surface area (Å²) in [5, 5.41) is 7.38. The second kappa shape index (κ2) is 8.51. The summed E-state index contributed by atoms with van der Waals surface area (Å²) in [5.41, 5.74) is 2.35. The lowest BCUT2D eigenvalue weighted by Gasteiger charge is -2.35. The quantitative estimate of drug-likeness (QED) is 0.595. The maximum Gasteiger partial charge on any atom is 0.322 e. The molecule has 0 radical (unpaired) electrons. The van der Waals surface area contributed by atoms with Crippen LogP contribution in [0.1, 0.15) is 29.8 Å². The van der Waals surface area contributed by atoms with E-state index in [0.717, 1.165) is 17.7 Å². The number of urea groups is 1. The zero-order valence-corrected chi connectivity index (χ0v) is 18.3. The molecule has 0 spiro atoms. The van der Waals surface area contributed by atoms with E-state index in [0.29, 0.717) is 24.5 Å². The highest BCUT2D eigenvalue weighted by atomic mass is 19.2. The summed E-state index contributed by atoms with van der Waals surface area (Å²) in [4.78, 5) is 29.0. The number of hydrogen-bond acceptors (Lipinski definition) is 3. The van der Waals surface area contributed by atoms with E-state index in [4.69, 9.17) is 0 Å². The molecule has 2 aromatic carbocycles. The van der Waals surface area contributed by atoms with Crippen molar-refractivity contribution in [2.24, 2.45) is 0 Å². The molecule has 10 heteroatoms. The van der Waals surface area contributed by atoms with E-state index >= 15 is 0 Å². The van der Waals surface area contributed by atoms with Crippen molar-refractivity contribution in [2.75, 3.05) is 11.4 Å². The number of carbonyl (C=O) groups is 2. The highest BCUT2D eigenvalue weighted by Crippen LogP contribution is 2.32.